The van der Waals surface area contributed by atoms with Gasteiger partial charge in [0.2, 0.25) is 0 Å². The summed E-state index contributed by atoms with van der Waals surface area (Å²) in [6.07, 6.45) is 4.78. The molecule has 3 nitrogen and oxygen atoms in total. The SMILES string of the molecule is O=C(/C=C/c1sc2ccccc2c1Cl)c1ccc(N2CCC(O)CC2)cc1. The molecule has 27 heavy (non-hydrogen) atoms. The Bertz CT molecular complexity index is 985. The largest absolute Gasteiger partial charge is 0.393 e. The molecule has 0 unspecified atom stereocenters. The molecular weight excluding hydrogens is 378 g/mol. The van der Waals surface area contributed by atoms with Crippen LogP contribution in [0, 0.1) is 0 Å². The van der Waals surface area contributed by atoms with Crippen molar-refractivity contribution in [3.8, 4) is 0 Å². The van der Waals surface area contributed by atoms with E-state index in [1.54, 1.807) is 23.5 Å². The maximum atomic E-state index is 12.5. The Balaban J connectivity index is 1.47. The molecule has 5 heteroatoms. The highest BCUT2D eigenvalue weighted by atomic mass is 35.5. The molecule has 2 aromatic carbocycles. The molecule has 1 saturated heterocycles. The minimum absolute atomic E-state index is 0.0378. The number of piperidine rings is 1. The van der Waals surface area contributed by atoms with Gasteiger partial charge in [-0.05, 0) is 55.3 Å². The molecule has 0 atom stereocenters. The Kier molecular flexibility index (Phi) is 5.30. The molecule has 1 aliphatic heterocycles. The second kappa shape index (κ2) is 7.85. The number of halogens is 1. The molecule has 3 aromatic rings. The minimum atomic E-state index is -0.187. The number of aliphatic hydroxyl groups excluding tert-OH is 1. The van der Waals surface area contributed by atoms with E-state index in [2.05, 4.69) is 4.90 Å². The second-order valence-corrected chi connectivity index (χ2v) is 8.20. The molecule has 0 radical (unpaired) electrons. The Hall–Kier alpha value is -2.14. The van der Waals surface area contributed by atoms with E-state index in [1.165, 1.54) is 0 Å². The van der Waals surface area contributed by atoms with Crippen molar-refractivity contribution in [2.45, 2.75) is 18.9 Å². The Morgan fingerprint density at radius 3 is 2.52 bits per heavy atom. The summed E-state index contributed by atoms with van der Waals surface area (Å²) in [5.74, 6) is -0.0378. The number of aliphatic hydroxyl groups is 1. The predicted octanol–water partition coefficient (Wildman–Crippen LogP) is 5.41. The van der Waals surface area contributed by atoms with Crippen LogP contribution in [0.25, 0.3) is 16.2 Å². The van der Waals surface area contributed by atoms with Crippen LogP contribution in [0.4, 0.5) is 5.69 Å². The van der Waals surface area contributed by atoms with Crippen LogP contribution in [-0.4, -0.2) is 30.1 Å². The smallest absolute Gasteiger partial charge is 0.185 e. The lowest BCUT2D eigenvalue weighted by Crippen LogP contribution is -2.35. The van der Waals surface area contributed by atoms with Gasteiger partial charge in [0.05, 0.1) is 11.1 Å². The molecule has 1 aromatic heterocycles. The van der Waals surface area contributed by atoms with Crippen LogP contribution in [0.5, 0.6) is 0 Å². The first-order valence-corrected chi connectivity index (χ1v) is 10.2. The number of rotatable bonds is 4. The standard InChI is InChI=1S/C22H20ClNO2S/c23-22-18-3-1-2-4-20(18)27-21(22)10-9-19(26)15-5-7-16(8-6-15)24-13-11-17(25)12-14-24/h1-10,17,25H,11-14H2/b10-9+. The minimum Gasteiger partial charge on any atom is -0.393 e. The summed E-state index contributed by atoms with van der Waals surface area (Å²) in [5, 5.41) is 11.3. The van der Waals surface area contributed by atoms with Gasteiger partial charge in [-0.15, -0.1) is 11.3 Å². The fourth-order valence-corrected chi connectivity index (χ4v) is 4.75. The molecule has 1 aliphatic rings. The number of carbonyl (C=O) groups excluding carboxylic acids is 1. The van der Waals surface area contributed by atoms with Crippen molar-refractivity contribution in [3.05, 3.63) is 70.1 Å². The summed E-state index contributed by atoms with van der Waals surface area (Å²) >= 11 is 8.01. The van der Waals surface area contributed by atoms with Gasteiger partial charge in [0.15, 0.2) is 5.78 Å². The van der Waals surface area contributed by atoms with Gasteiger partial charge in [0.25, 0.3) is 0 Å². The number of nitrogens with zero attached hydrogens (tertiary/aromatic N) is 1. The van der Waals surface area contributed by atoms with Crippen LogP contribution >= 0.6 is 22.9 Å². The van der Waals surface area contributed by atoms with E-state index in [0.717, 1.165) is 46.6 Å². The summed E-state index contributed by atoms with van der Waals surface area (Å²) in [7, 11) is 0. The number of allylic oxidation sites excluding steroid dienone is 1. The van der Waals surface area contributed by atoms with Crippen molar-refractivity contribution in [3.63, 3.8) is 0 Å². The monoisotopic (exact) mass is 397 g/mol. The van der Waals surface area contributed by atoms with Crippen molar-refractivity contribution in [2.24, 2.45) is 0 Å². The van der Waals surface area contributed by atoms with E-state index < -0.39 is 0 Å². The number of fused-ring (bicyclic) bond motifs is 1. The zero-order valence-electron chi connectivity index (χ0n) is 14.8. The van der Waals surface area contributed by atoms with Crippen LogP contribution in [0.3, 0.4) is 0 Å². The van der Waals surface area contributed by atoms with Crippen LogP contribution in [0.2, 0.25) is 5.02 Å². The maximum absolute atomic E-state index is 12.5. The van der Waals surface area contributed by atoms with Crippen LogP contribution in [0.15, 0.2) is 54.6 Å². The highest BCUT2D eigenvalue weighted by Gasteiger charge is 2.17. The molecule has 1 N–H and O–H groups in total. The maximum Gasteiger partial charge on any atom is 0.185 e. The molecular formula is C22H20ClNO2S. The molecule has 138 valence electrons. The third-order valence-corrected chi connectivity index (χ3v) is 6.58. The molecule has 1 fully saturated rings. The zero-order valence-corrected chi connectivity index (χ0v) is 16.3. The van der Waals surface area contributed by atoms with Gasteiger partial charge in [0, 0.05) is 39.3 Å². The summed E-state index contributed by atoms with van der Waals surface area (Å²) in [4.78, 5) is 15.6. The van der Waals surface area contributed by atoms with Crippen molar-refractivity contribution in [2.75, 3.05) is 18.0 Å². The number of hydrogen-bond acceptors (Lipinski definition) is 4. The van der Waals surface area contributed by atoms with Gasteiger partial charge in [-0.3, -0.25) is 4.79 Å². The number of anilines is 1. The van der Waals surface area contributed by atoms with E-state index in [0.29, 0.717) is 10.6 Å². The normalized spacial score (nSPS) is 15.7. The van der Waals surface area contributed by atoms with Crippen molar-refractivity contribution < 1.29 is 9.90 Å². The van der Waals surface area contributed by atoms with Crippen LogP contribution < -0.4 is 4.90 Å². The first kappa shape index (κ1) is 18.2. The van der Waals surface area contributed by atoms with Crippen LogP contribution in [0.1, 0.15) is 28.1 Å². The quantitative estimate of drug-likeness (QED) is 0.472. The first-order chi connectivity index (χ1) is 13.1. The third-order valence-electron chi connectivity index (χ3n) is 4.93. The number of thiophene rings is 1. The van der Waals surface area contributed by atoms with Gasteiger partial charge in [-0.1, -0.05) is 29.8 Å². The Morgan fingerprint density at radius 2 is 1.81 bits per heavy atom. The lowest BCUT2D eigenvalue weighted by atomic mass is 10.1. The molecule has 2 heterocycles. The van der Waals surface area contributed by atoms with Crippen molar-refractivity contribution in [1.82, 2.24) is 0 Å². The first-order valence-electron chi connectivity index (χ1n) is 9.04. The van der Waals surface area contributed by atoms with Gasteiger partial charge in [-0.25, -0.2) is 0 Å². The lowest BCUT2D eigenvalue weighted by molar-refractivity contribution is 0.104. The molecule has 0 spiro atoms. The molecule has 0 amide bonds. The molecule has 0 saturated carbocycles. The number of ketones is 1. The summed E-state index contributed by atoms with van der Waals surface area (Å²) in [6.45, 7) is 1.69. The van der Waals surface area contributed by atoms with E-state index in [1.807, 2.05) is 48.5 Å². The van der Waals surface area contributed by atoms with Gasteiger partial charge in [0.1, 0.15) is 0 Å². The number of carbonyl (C=O) groups is 1. The zero-order chi connectivity index (χ0) is 18.8. The van der Waals surface area contributed by atoms with Crippen LogP contribution in [-0.2, 0) is 0 Å². The highest BCUT2D eigenvalue weighted by Crippen LogP contribution is 2.36. The molecule has 4 rings (SSSR count). The highest BCUT2D eigenvalue weighted by molar-refractivity contribution is 7.20. The molecule has 0 aliphatic carbocycles. The van der Waals surface area contributed by atoms with E-state index in [4.69, 9.17) is 11.6 Å². The summed E-state index contributed by atoms with van der Waals surface area (Å²) < 4.78 is 1.12. The van der Waals surface area contributed by atoms with Gasteiger partial charge < -0.3 is 10.0 Å². The number of benzene rings is 2. The van der Waals surface area contributed by atoms with E-state index in [9.17, 15) is 9.90 Å². The van der Waals surface area contributed by atoms with E-state index >= 15 is 0 Å². The third kappa shape index (κ3) is 3.93. The predicted molar refractivity (Wildman–Crippen MR) is 114 cm³/mol. The average molecular weight is 398 g/mol. The molecule has 0 bridgehead atoms. The average Bonchev–Trinajstić information content (AvgIpc) is 3.03. The van der Waals surface area contributed by atoms with Crippen molar-refractivity contribution in [1.29, 1.82) is 0 Å². The van der Waals surface area contributed by atoms with Gasteiger partial charge >= 0.3 is 0 Å². The Labute approximate surface area is 167 Å². The second-order valence-electron chi connectivity index (χ2n) is 6.74. The fourth-order valence-electron chi connectivity index (χ4n) is 3.35. The van der Waals surface area contributed by atoms with E-state index in [-0.39, 0.29) is 11.9 Å². The van der Waals surface area contributed by atoms with Crippen molar-refractivity contribution >= 4 is 50.6 Å². The summed E-state index contributed by atoms with van der Waals surface area (Å²) in [6, 6.07) is 15.6. The fraction of sp³-hybridized carbons (Fsp3) is 0.227. The van der Waals surface area contributed by atoms with Gasteiger partial charge in [-0.2, -0.15) is 0 Å². The topological polar surface area (TPSA) is 40.5 Å². The Morgan fingerprint density at radius 1 is 1.11 bits per heavy atom. The lowest BCUT2D eigenvalue weighted by Gasteiger charge is -2.31. The summed E-state index contributed by atoms with van der Waals surface area (Å²) in [5.41, 5.74) is 1.75. The number of hydrogen-bond donors (Lipinski definition) is 1.